The number of nitro benzene ring substituents is 1. The Kier molecular flexibility index (Phi) is 6.20. The molecule has 30 heavy (non-hydrogen) atoms. The maximum atomic E-state index is 13.3. The van der Waals surface area contributed by atoms with Gasteiger partial charge >= 0.3 is 0 Å². The van der Waals surface area contributed by atoms with Crippen molar-refractivity contribution in [3.05, 3.63) is 75.6 Å². The van der Waals surface area contributed by atoms with Crippen molar-refractivity contribution in [2.75, 3.05) is 13.6 Å². The van der Waals surface area contributed by atoms with E-state index in [1.807, 2.05) is 0 Å². The summed E-state index contributed by atoms with van der Waals surface area (Å²) in [5, 5.41) is 16.9. The Labute approximate surface area is 172 Å². The summed E-state index contributed by atoms with van der Waals surface area (Å²) in [6.07, 6.45) is 0.576. The summed E-state index contributed by atoms with van der Waals surface area (Å²) in [5.74, 6) is -0.981. The van der Waals surface area contributed by atoms with Crippen LogP contribution in [-0.2, 0) is 9.59 Å². The first kappa shape index (κ1) is 21.1. The van der Waals surface area contributed by atoms with E-state index in [-0.39, 0.29) is 30.4 Å². The lowest BCUT2D eigenvalue weighted by molar-refractivity contribution is -0.385. The number of hydrazone groups is 1. The molecule has 0 bridgehead atoms. The smallest absolute Gasteiger partial charge is 0.269 e. The first-order valence-corrected chi connectivity index (χ1v) is 9.44. The molecule has 9 heteroatoms. The lowest BCUT2D eigenvalue weighted by Crippen LogP contribution is -2.39. The van der Waals surface area contributed by atoms with Crippen LogP contribution >= 0.6 is 0 Å². The van der Waals surface area contributed by atoms with Gasteiger partial charge in [-0.3, -0.25) is 19.7 Å². The second-order valence-corrected chi connectivity index (χ2v) is 6.97. The van der Waals surface area contributed by atoms with Crippen LogP contribution in [-0.4, -0.2) is 46.0 Å². The molecule has 1 aliphatic heterocycles. The van der Waals surface area contributed by atoms with E-state index in [9.17, 15) is 24.1 Å². The summed E-state index contributed by atoms with van der Waals surface area (Å²) in [6, 6.07) is 11.2. The van der Waals surface area contributed by atoms with Crippen molar-refractivity contribution in [3.63, 3.8) is 0 Å². The van der Waals surface area contributed by atoms with Crippen molar-refractivity contribution in [1.82, 2.24) is 9.91 Å². The predicted molar refractivity (Wildman–Crippen MR) is 108 cm³/mol. The number of carbonyl (C=O) groups is 2. The van der Waals surface area contributed by atoms with Gasteiger partial charge in [0.25, 0.3) is 11.6 Å². The number of nitro groups is 1. The molecule has 0 unspecified atom stereocenters. The molecule has 0 saturated carbocycles. The van der Waals surface area contributed by atoms with Crippen LogP contribution in [0.5, 0.6) is 0 Å². The van der Waals surface area contributed by atoms with Gasteiger partial charge in [-0.1, -0.05) is 31.2 Å². The van der Waals surface area contributed by atoms with Gasteiger partial charge in [-0.25, -0.2) is 9.40 Å². The molecule has 3 rings (SSSR count). The Morgan fingerprint density at radius 2 is 1.97 bits per heavy atom. The minimum absolute atomic E-state index is 0.0894. The Morgan fingerprint density at radius 3 is 2.60 bits per heavy atom. The van der Waals surface area contributed by atoms with Crippen LogP contribution < -0.4 is 0 Å². The van der Waals surface area contributed by atoms with Crippen LogP contribution in [0.3, 0.4) is 0 Å². The molecule has 2 aromatic carbocycles. The van der Waals surface area contributed by atoms with E-state index in [0.29, 0.717) is 23.3 Å². The van der Waals surface area contributed by atoms with Crippen molar-refractivity contribution < 1.29 is 18.9 Å². The molecule has 8 nitrogen and oxygen atoms in total. The van der Waals surface area contributed by atoms with Crippen LogP contribution in [0.1, 0.15) is 36.9 Å². The van der Waals surface area contributed by atoms with Crippen LogP contribution in [0.15, 0.2) is 53.6 Å². The maximum Gasteiger partial charge on any atom is 0.269 e. The van der Waals surface area contributed by atoms with Crippen LogP contribution in [0, 0.1) is 15.9 Å². The average molecular weight is 412 g/mol. The van der Waals surface area contributed by atoms with Crippen LogP contribution in [0.2, 0.25) is 0 Å². The summed E-state index contributed by atoms with van der Waals surface area (Å²) in [6.45, 7) is 1.54. The number of non-ortho nitro benzene ring substituents is 1. The Balaban J connectivity index is 1.94. The predicted octanol–water partition coefficient (Wildman–Crippen LogP) is 3.28. The molecule has 0 fully saturated rings. The number of carbonyl (C=O) groups excluding carboxylic acids is 2. The second kappa shape index (κ2) is 8.81. The molecular formula is C21H21FN4O4. The number of likely N-dealkylation sites (N-methyl/N-ethyl adjacent to an activating group) is 1. The van der Waals surface area contributed by atoms with Gasteiger partial charge in [0.1, 0.15) is 12.4 Å². The lowest BCUT2D eigenvalue weighted by atomic mass is 9.98. The molecule has 0 spiro atoms. The fourth-order valence-electron chi connectivity index (χ4n) is 3.30. The normalized spacial score (nSPS) is 15.6. The van der Waals surface area contributed by atoms with E-state index >= 15 is 0 Å². The third-order valence-corrected chi connectivity index (χ3v) is 4.91. The van der Waals surface area contributed by atoms with Gasteiger partial charge in [0.05, 0.1) is 16.7 Å². The number of benzene rings is 2. The molecule has 0 aliphatic carbocycles. The molecule has 0 aromatic heterocycles. The molecule has 0 radical (unpaired) electrons. The highest BCUT2D eigenvalue weighted by Crippen LogP contribution is 2.34. The number of hydrogen-bond acceptors (Lipinski definition) is 5. The van der Waals surface area contributed by atoms with Gasteiger partial charge in [-0.2, -0.15) is 5.10 Å². The minimum Gasteiger partial charge on any atom is -0.336 e. The molecule has 1 heterocycles. The largest absolute Gasteiger partial charge is 0.336 e. The minimum atomic E-state index is -0.567. The van der Waals surface area contributed by atoms with E-state index in [1.54, 1.807) is 31.2 Å². The summed E-state index contributed by atoms with van der Waals surface area (Å²) >= 11 is 0. The van der Waals surface area contributed by atoms with E-state index in [2.05, 4.69) is 5.10 Å². The fraction of sp³-hybridized carbons (Fsp3) is 0.286. The average Bonchev–Trinajstić information content (AvgIpc) is 3.19. The van der Waals surface area contributed by atoms with Gasteiger partial charge in [0.2, 0.25) is 5.91 Å². The zero-order valence-electron chi connectivity index (χ0n) is 16.6. The summed E-state index contributed by atoms with van der Waals surface area (Å²) < 4.78 is 13.3. The van der Waals surface area contributed by atoms with Crippen molar-refractivity contribution in [3.8, 4) is 0 Å². The topological polar surface area (TPSA) is 96.1 Å². The van der Waals surface area contributed by atoms with E-state index in [4.69, 9.17) is 0 Å². The van der Waals surface area contributed by atoms with Crippen molar-refractivity contribution in [2.45, 2.75) is 25.8 Å². The monoisotopic (exact) mass is 412 g/mol. The molecule has 156 valence electrons. The van der Waals surface area contributed by atoms with Crippen molar-refractivity contribution >= 4 is 23.2 Å². The van der Waals surface area contributed by atoms with Crippen molar-refractivity contribution in [2.24, 2.45) is 5.10 Å². The quantitative estimate of drug-likeness (QED) is 0.537. The third kappa shape index (κ3) is 4.51. The second-order valence-electron chi connectivity index (χ2n) is 6.97. The molecule has 0 N–H and O–H groups in total. The molecule has 0 saturated heterocycles. The van der Waals surface area contributed by atoms with E-state index < -0.39 is 16.9 Å². The number of hydrogen-bond donors (Lipinski definition) is 0. The highest BCUT2D eigenvalue weighted by molar-refractivity contribution is 6.03. The van der Waals surface area contributed by atoms with Crippen molar-refractivity contribution in [1.29, 1.82) is 0 Å². The van der Waals surface area contributed by atoms with Gasteiger partial charge in [-0.05, 0) is 23.3 Å². The Hall–Kier alpha value is -3.62. The molecule has 1 atom stereocenters. The first-order valence-electron chi connectivity index (χ1n) is 9.44. The highest BCUT2D eigenvalue weighted by atomic mass is 19.1. The Morgan fingerprint density at radius 1 is 1.27 bits per heavy atom. The molecule has 2 aromatic rings. The fourth-order valence-corrected chi connectivity index (χ4v) is 3.30. The zero-order valence-corrected chi connectivity index (χ0v) is 16.6. The summed E-state index contributed by atoms with van der Waals surface area (Å²) in [5.41, 5.74) is 1.68. The standard InChI is InChI=1S/C21H21FN4O4/c1-3-20(27)24(2)13-21(28)25-19(15-5-4-6-17(11-15)26(29)30)12-18(23-25)14-7-9-16(22)10-8-14/h4-11,19H,3,12-13H2,1-2H3/t19-/m0/s1. The van der Waals surface area contributed by atoms with Gasteiger partial charge in [-0.15, -0.1) is 0 Å². The number of halogens is 1. The molecule has 1 aliphatic rings. The van der Waals surface area contributed by atoms with Gasteiger partial charge < -0.3 is 4.90 Å². The first-order chi connectivity index (χ1) is 14.3. The highest BCUT2D eigenvalue weighted by Gasteiger charge is 2.34. The maximum absolute atomic E-state index is 13.3. The molecular weight excluding hydrogens is 391 g/mol. The number of amides is 2. The summed E-state index contributed by atoms with van der Waals surface area (Å²) in [7, 11) is 1.53. The Bertz CT molecular complexity index is 1010. The van der Waals surface area contributed by atoms with Crippen LogP contribution in [0.25, 0.3) is 0 Å². The lowest BCUT2D eigenvalue weighted by Gasteiger charge is -2.24. The number of nitrogens with zero attached hydrogens (tertiary/aromatic N) is 4. The van der Waals surface area contributed by atoms with E-state index in [1.165, 1.54) is 41.2 Å². The van der Waals surface area contributed by atoms with Crippen LogP contribution in [0.4, 0.5) is 10.1 Å². The van der Waals surface area contributed by atoms with E-state index in [0.717, 1.165) is 0 Å². The SMILES string of the molecule is CCC(=O)N(C)CC(=O)N1N=C(c2ccc(F)cc2)C[C@H]1c1cccc([N+](=O)[O-])c1. The summed E-state index contributed by atoms with van der Waals surface area (Å²) in [4.78, 5) is 36.8. The third-order valence-electron chi connectivity index (χ3n) is 4.91. The number of rotatable bonds is 6. The molecule has 2 amide bonds. The zero-order chi connectivity index (χ0) is 21.8. The van der Waals surface area contributed by atoms with Gasteiger partial charge in [0.15, 0.2) is 0 Å². The van der Waals surface area contributed by atoms with Gasteiger partial charge in [0, 0.05) is 32.0 Å².